The largest absolute Gasteiger partial charge is 0.415 e. The molecule has 3 aliphatic carbocycles. The van der Waals surface area contributed by atoms with Crippen LogP contribution in [0.4, 0.5) is 4.79 Å². The van der Waals surface area contributed by atoms with E-state index in [2.05, 4.69) is 32.1 Å². The molecule has 7 heteroatoms. The number of allylic oxidation sites excluding steroid dienone is 2. The van der Waals surface area contributed by atoms with Crippen molar-refractivity contribution in [1.29, 1.82) is 0 Å². The Hall–Kier alpha value is -4.30. The lowest BCUT2D eigenvalue weighted by Crippen LogP contribution is -2.54. The molecule has 0 aliphatic heterocycles. The number of carbonyl (C=O) groups excluding carboxylic acids is 2. The average molecular weight is 716 g/mol. The van der Waals surface area contributed by atoms with Gasteiger partial charge in [0.05, 0.1) is 23.1 Å². The first-order valence-electron chi connectivity index (χ1n) is 18.7. The summed E-state index contributed by atoms with van der Waals surface area (Å²) < 4.78 is 7.03. The van der Waals surface area contributed by atoms with Crippen molar-refractivity contribution < 1.29 is 24.5 Å². The minimum atomic E-state index is -1.24. The highest BCUT2D eigenvalue weighted by atomic mass is 32.1. The normalized spacial score (nSPS) is 23.6. The van der Waals surface area contributed by atoms with Gasteiger partial charge in [-0.15, -0.1) is 11.3 Å². The second-order valence-corrected chi connectivity index (χ2v) is 16.3. The molecule has 0 radical (unpaired) electrons. The zero-order chi connectivity index (χ0) is 36.5. The molecule has 0 saturated heterocycles. The minimum Gasteiger partial charge on any atom is -0.410 e. The van der Waals surface area contributed by atoms with Crippen LogP contribution in [-0.4, -0.2) is 51.8 Å². The van der Waals surface area contributed by atoms with Gasteiger partial charge in [-0.3, -0.25) is 4.79 Å². The smallest absolute Gasteiger partial charge is 0.410 e. The SMILES string of the molecule is CCCN(C[C@]1(O)CC[C@H]2c3ccc(cc3C(=O)c3cc4ccccc4s3)C[C@@H](O)CCC(C)=CCC[C@@]21C)C(=O)Oc1ccc2ccccc2c1. The molecule has 4 aromatic carbocycles. The fourth-order valence-corrected chi connectivity index (χ4v) is 9.66. The number of aliphatic hydroxyl groups is 2. The Labute approximate surface area is 310 Å². The topological polar surface area (TPSA) is 87.1 Å². The van der Waals surface area contributed by atoms with Crippen molar-refractivity contribution in [2.24, 2.45) is 5.41 Å². The minimum absolute atomic E-state index is 0.0280. The lowest BCUT2D eigenvalue weighted by atomic mass is 9.64. The van der Waals surface area contributed by atoms with Crippen molar-refractivity contribution in [3.63, 3.8) is 0 Å². The number of rotatable bonds is 7. The van der Waals surface area contributed by atoms with E-state index in [1.807, 2.05) is 85.8 Å². The highest BCUT2D eigenvalue weighted by Gasteiger charge is 2.57. The monoisotopic (exact) mass is 715 g/mol. The molecule has 2 bridgehead atoms. The van der Waals surface area contributed by atoms with Crippen LogP contribution in [0, 0.1) is 5.41 Å². The zero-order valence-corrected chi connectivity index (χ0v) is 31.3. The lowest BCUT2D eigenvalue weighted by molar-refractivity contribution is -0.0790. The number of thiophene rings is 1. The Morgan fingerprint density at radius 1 is 0.923 bits per heavy atom. The van der Waals surface area contributed by atoms with Gasteiger partial charge in [0.15, 0.2) is 0 Å². The number of ether oxygens (including phenoxy) is 1. The van der Waals surface area contributed by atoms with E-state index in [0.29, 0.717) is 61.3 Å². The summed E-state index contributed by atoms with van der Waals surface area (Å²) in [6, 6.07) is 29.8. The molecular formula is C45H49NO5S. The highest BCUT2D eigenvalue weighted by Crippen LogP contribution is 2.59. The molecule has 8 rings (SSSR count). The van der Waals surface area contributed by atoms with E-state index in [0.717, 1.165) is 44.8 Å². The fourth-order valence-electron chi connectivity index (χ4n) is 8.64. The van der Waals surface area contributed by atoms with Gasteiger partial charge in [-0.1, -0.05) is 86.2 Å². The molecular weight excluding hydrogens is 667 g/mol. The fraction of sp³-hybridized carbons (Fsp3) is 0.378. The second-order valence-electron chi connectivity index (χ2n) is 15.2. The molecule has 52 heavy (non-hydrogen) atoms. The van der Waals surface area contributed by atoms with E-state index in [4.69, 9.17) is 4.74 Å². The van der Waals surface area contributed by atoms with Crippen molar-refractivity contribution >= 4 is 44.1 Å². The van der Waals surface area contributed by atoms with Crippen molar-refractivity contribution in [2.45, 2.75) is 89.8 Å². The quantitative estimate of drug-likeness (QED) is 0.129. The average Bonchev–Trinajstić information content (AvgIpc) is 3.68. The number of nitrogens with zero attached hydrogens (tertiary/aromatic N) is 1. The van der Waals surface area contributed by atoms with Crippen LogP contribution in [0.5, 0.6) is 5.75 Å². The van der Waals surface area contributed by atoms with E-state index in [1.54, 1.807) is 4.90 Å². The maximum Gasteiger partial charge on any atom is 0.415 e. The van der Waals surface area contributed by atoms with Crippen molar-refractivity contribution in [2.75, 3.05) is 13.1 Å². The zero-order valence-electron chi connectivity index (χ0n) is 30.4. The predicted octanol–water partition coefficient (Wildman–Crippen LogP) is 10.2. The molecule has 4 atom stereocenters. The van der Waals surface area contributed by atoms with E-state index in [-0.39, 0.29) is 18.2 Å². The molecule has 1 aromatic heterocycles. The molecule has 5 aromatic rings. The van der Waals surface area contributed by atoms with Gasteiger partial charge in [0.2, 0.25) is 5.78 Å². The summed E-state index contributed by atoms with van der Waals surface area (Å²) in [4.78, 5) is 30.8. The number of hydrogen-bond acceptors (Lipinski definition) is 6. The first kappa shape index (κ1) is 36.1. The summed E-state index contributed by atoms with van der Waals surface area (Å²) >= 11 is 1.50. The third-order valence-electron chi connectivity index (χ3n) is 11.7. The Bertz CT molecular complexity index is 2100. The van der Waals surface area contributed by atoms with Gasteiger partial charge in [0, 0.05) is 22.2 Å². The van der Waals surface area contributed by atoms with Crippen LogP contribution in [0.15, 0.2) is 103 Å². The first-order chi connectivity index (χ1) is 25.1. The molecule has 3 aliphatic rings. The Morgan fingerprint density at radius 2 is 1.69 bits per heavy atom. The molecule has 1 heterocycles. The molecule has 2 N–H and O–H groups in total. The van der Waals surface area contributed by atoms with Gasteiger partial charge in [-0.25, -0.2) is 4.79 Å². The van der Waals surface area contributed by atoms with Gasteiger partial charge in [0.1, 0.15) is 5.75 Å². The van der Waals surface area contributed by atoms with Gasteiger partial charge >= 0.3 is 6.09 Å². The van der Waals surface area contributed by atoms with Crippen LogP contribution < -0.4 is 4.74 Å². The number of ketones is 1. The van der Waals surface area contributed by atoms with Crippen LogP contribution in [0.3, 0.4) is 0 Å². The summed E-state index contributed by atoms with van der Waals surface area (Å²) in [5.41, 5.74) is 1.82. The van der Waals surface area contributed by atoms with Crippen molar-refractivity contribution in [1.82, 2.24) is 4.90 Å². The van der Waals surface area contributed by atoms with Gasteiger partial charge in [-0.05, 0) is 122 Å². The number of aliphatic hydroxyl groups excluding tert-OH is 1. The van der Waals surface area contributed by atoms with E-state index in [1.165, 1.54) is 16.9 Å². The van der Waals surface area contributed by atoms with Crippen LogP contribution in [-0.2, 0) is 6.42 Å². The Kier molecular flexibility index (Phi) is 10.4. The second kappa shape index (κ2) is 15.0. The third kappa shape index (κ3) is 7.19. The summed E-state index contributed by atoms with van der Waals surface area (Å²) in [7, 11) is 0. The standard InChI is InChI=1S/C45H49NO5S/c1-4-24-46(43(49)51-36-19-17-32-11-5-6-12-33(32)27-36)29-45(50)23-21-39-37-20-16-31(25-35(47)18-15-30(2)10-9-22-44(39,45)3)26-38(37)42(48)41-28-34-13-7-8-14-40(34)52-41/h5-8,10-14,16-17,19-20,26-28,35,39,47,50H,4,9,15,18,21-25,29H2,1-3H3/t35-,39-,44-,45+/m0/s1. The Morgan fingerprint density at radius 3 is 2.48 bits per heavy atom. The maximum absolute atomic E-state index is 14.6. The summed E-state index contributed by atoms with van der Waals surface area (Å²) in [6.45, 7) is 6.87. The molecule has 1 fully saturated rings. The van der Waals surface area contributed by atoms with Crippen LogP contribution in [0.25, 0.3) is 20.9 Å². The molecule has 1 amide bonds. The molecule has 270 valence electrons. The van der Waals surface area contributed by atoms with Crippen LogP contribution in [0.2, 0.25) is 0 Å². The number of hydrogen-bond donors (Lipinski definition) is 2. The van der Waals surface area contributed by atoms with Crippen LogP contribution in [0.1, 0.15) is 98.0 Å². The van der Waals surface area contributed by atoms with E-state index < -0.39 is 23.2 Å². The van der Waals surface area contributed by atoms with Crippen molar-refractivity contribution in [3.05, 3.63) is 124 Å². The maximum atomic E-state index is 14.6. The summed E-state index contributed by atoms with van der Waals surface area (Å²) in [5, 5.41) is 27.0. The van der Waals surface area contributed by atoms with Gasteiger partial charge < -0.3 is 19.8 Å². The van der Waals surface area contributed by atoms with E-state index in [9.17, 15) is 19.8 Å². The highest BCUT2D eigenvalue weighted by molar-refractivity contribution is 7.21. The number of amides is 1. The number of benzene rings is 4. The van der Waals surface area contributed by atoms with Crippen LogP contribution >= 0.6 is 11.3 Å². The summed E-state index contributed by atoms with van der Waals surface area (Å²) in [5.74, 6) is 0.307. The first-order valence-corrected chi connectivity index (χ1v) is 19.6. The molecule has 0 unspecified atom stereocenters. The molecule has 1 saturated carbocycles. The number of fused-ring (bicyclic) bond motifs is 10. The molecule has 6 nitrogen and oxygen atoms in total. The van der Waals surface area contributed by atoms with E-state index >= 15 is 0 Å². The van der Waals surface area contributed by atoms with Gasteiger partial charge in [-0.2, -0.15) is 0 Å². The summed E-state index contributed by atoms with van der Waals surface area (Å²) in [6.07, 6.45) is 6.42. The number of carbonyl (C=O) groups is 2. The Balaban J connectivity index is 1.25. The molecule has 0 spiro atoms. The van der Waals surface area contributed by atoms with Crippen molar-refractivity contribution in [3.8, 4) is 5.75 Å². The van der Waals surface area contributed by atoms with Gasteiger partial charge in [0.25, 0.3) is 0 Å². The third-order valence-corrected chi connectivity index (χ3v) is 12.8. The lowest BCUT2D eigenvalue weighted by Gasteiger charge is -2.46. The predicted molar refractivity (Wildman–Crippen MR) is 211 cm³/mol.